The van der Waals surface area contributed by atoms with Crippen LogP contribution in [0.3, 0.4) is 0 Å². The number of carbonyl (C=O) groups excluding carboxylic acids is 1. The highest BCUT2D eigenvalue weighted by atomic mass is 79.9. The average molecular weight is 567 g/mol. The number of hydrogen-bond donors (Lipinski definition) is 1. The fourth-order valence-electron chi connectivity index (χ4n) is 4.37. The van der Waals surface area contributed by atoms with Crippen molar-refractivity contribution in [3.8, 4) is 5.75 Å². The molecule has 1 fully saturated rings. The third kappa shape index (κ3) is 6.72. The molecule has 3 aromatic carbocycles. The van der Waals surface area contributed by atoms with Crippen molar-refractivity contribution in [2.75, 3.05) is 32.8 Å². The first-order valence-corrected chi connectivity index (χ1v) is 13.5. The van der Waals surface area contributed by atoms with Gasteiger partial charge in [-0.15, -0.1) is 0 Å². The predicted octanol–water partition coefficient (Wildman–Crippen LogP) is 5.91. The molecular weight excluding hydrogens is 534 g/mol. The van der Waals surface area contributed by atoms with E-state index >= 15 is 0 Å². The zero-order valence-electron chi connectivity index (χ0n) is 20.7. The topological polar surface area (TPSA) is 44.8 Å². The summed E-state index contributed by atoms with van der Waals surface area (Å²) in [5.41, 5.74) is 3.02. The third-order valence-electron chi connectivity index (χ3n) is 6.18. The first-order valence-electron chi connectivity index (χ1n) is 12.3. The molecule has 0 aromatic heterocycles. The first kappa shape index (κ1) is 26.3. The van der Waals surface area contributed by atoms with Crippen molar-refractivity contribution in [2.24, 2.45) is 5.92 Å². The maximum Gasteiger partial charge on any atom is 0.261 e. The minimum absolute atomic E-state index is 0.181. The van der Waals surface area contributed by atoms with Crippen molar-refractivity contribution in [2.45, 2.75) is 19.9 Å². The zero-order valence-corrected chi connectivity index (χ0v) is 23.1. The van der Waals surface area contributed by atoms with E-state index in [0.29, 0.717) is 29.0 Å². The van der Waals surface area contributed by atoms with Crippen molar-refractivity contribution < 1.29 is 9.53 Å². The minimum atomic E-state index is -0.256. The molecule has 0 aliphatic carbocycles. The lowest BCUT2D eigenvalue weighted by Crippen LogP contribution is -2.53. The van der Waals surface area contributed by atoms with Gasteiger partial charge in [0.25, 0.3) is 5.91 Å². The second kappa shape index (κ2) is 12.5. The monoisotopic (exact) mass is 565 g/mol. The van der Waals surface area contributed by atoms with E-state index in [1.165, 1.54) is 11.1 Å². The fourth-order valence-corrected chi connectivity index (χ4v) is 5.01. The second-order valence-electron chi connectivity index (χ2n) is 9.35. The summed E-state index contributed by atoms with van der Waals surface area (Å²) < 4.78 is 6.70. The van der Waals surface area contributed by atoms with Gasteiger partial charge in [0.1, 0.15) is 5.75 Å². The summed E-state index contributed by atoms with van der Waals surface area (Å²) >= 11 is 9.11. The zero-order chi connectivity index (χ0) is 25.5. The van der Waals surface area contributed by atoms with Crippen LogP contribution in [0.25, 0.3) is 0 Å². The van der Waals surface area contributed by atoms with E-state index in [0.717, 1.165) is 30.7 Å². The minimum Gasteiger partial charge on any atom is -0.492 e. The standard InChI is InChI=1S/C29H32BrN3O2S/c1-21(2)20-35-26-14-13-24(30)19-25(26)28(34)31-29(36)33-17-15-32(16-18-33)27(22-9-5-3-6-10-22)23-11-7-4-8-12-23/h3-14,19,21,27H,15-18,20H2,1-2H3,(H,31,34,36). The van der Waals surface area contributed by atoms with Gasteiger partial charge in [0.15, 0.2) is 5.11 Å². The quantitative estimate of drug-likeness (QED) is 0.361. The van der Waals surface area contributed by atoms with Crippen LogP contribution < -0.4 is 10.1 Å². The van der Waals surface area contributed by atoms with Gasteiger partial charge in [0, 0.05) is 30.7 Å². The average Bonchev–Trinajstić information content (AvgIpc) is 2.89. The van der Waals surface area contributed by atoms with Gasteiger partial charge in [0.05, 0.1) is 18.2 Å². The molecule has 0 radical (unpaired) electrons. The van der Waals surface area contributed by atoms with Gasteiger partial charge in [0.2, 0.25) is 0 Å². The number of piperazine rings is 1. The molecule has 1 aliphatic rings. The molecule has 1 saturated heterocycles. The molecule has 0 unspecified atom stereocenters. The maximum atomic E-state index is 13.1. The summed E-state index contributed by atoms with van der Waals surface area (Å²) in [4.78, 5) is 17.7. The van der Waals surface area contributed by atoms with E-state index in [1.807, 2.05) is 12.1 Å². The Hall–Kier alpha value is -2.74. The van der Waals surface area contributed by atoms with Crippen molar-refractivity contribution in [1.82, 2.24) is 15.1 Å². The number of benzene rings is 3. The van der Waals surface area contributed by atoms with Crippen LogP contribution in [0.15, 0.2) is 83.3 Å². The molecule has 0 atom stereocenters. The Kier molecular flexibility index (Phi) is 9.13. The lowest BCUT2D eigenvalue weighted by molar-refractivity contribution is 0.0962. The number of rotatable bonds is 7. The highest BCUT2D eigenvalue weighted by Crippen LogP contribution is 2.29. The number of halogens is 1. The summed E-state index contributed by atoms with van der Waals surface area (Å²) in [6, 6.07) is 26.9. The van der Waals surface area contributed by atoms with E-state index in [2.05, 4.69) is 106 Å². The first-order chi connectivity index (χ1) is 17.4. The SMILES string of the molecule is CC(C)COc1ccc(Br)cc1C(=O)NC(=S)N1CCN(C(c2ccccc2)c2ccccc2)CC1. The van der Waals surface area contributed by atoms with Gasteiger partial charge in [-0.1, -0.05) is 90.4 Å². The van der Waals surface area contributed by atoms with E-state index < -0.39 is 0 Å². The Morgan fingerprint density at radius 1 is 0.944 bits per heavy atom. The Balaban J connectivity index is 1.41. The largest absolute Gasteiger partial charge is 0.492 e. The summed E-state index contributed by atoms with van der Waals surface area (Å²) in [7, 11) is 0. The molecule has 0 spiro atoms. The molecule has 1 heterocycles. The molecule has 3 aromatic rings. The van der Waals surface area contributed by atoms with Gasteiger partial charge >= 0.3 is 0 Å². The normalized spacial score (nSPS) is 14.2. The molecule has 188 valence electrons. The molecular formula is C29H32BrN3O2S. The lowest BCUT2D eigenvalue weighted by Gasteiger charge is -2.40. The van der Waals surface area contributed by atoms with Crippen LogP contribution in [0.1, 0.15) is 41.4 Å². The molecule has 0 bridgehead atoms. The van der Waals surface area contributed by atoms with Crippen molar-refractivity contribution in [3.05, 3.63) is 100 Å². The van der Waals surface area contributed by atoms with Gasteiger partial charge in [-0.05, 0) is 47.5 Å². The van der Waals surface area contributed by atoms with Crippen LogP contribution in [0.2, 0.25) is 0 Å². The van der Waals surface area contributed by atoms with Crippen LogP contribution >= 0.6 is 28.1 Å². The molecule has 36 heavy (non-hydrogen) atoms. The van der Waals surface area contributed by atoms with Crippen molar-refractivity contribution in [1.29, 1.82) is 0 Å². The highest BCUT2D eigenvalue weighted by molar-refractivity contribution is 9.10. The summed E-state index contributed by atoms with van der Waals surface area (Å²) in [6.07, 6.45) is 0. The number of thiocarbonyl (C=S) groups is 1. The molecule has 1 N–H and O–H groups in total. The number of nitrogens with zero attached hydrogens (tertiary/aromatic N) is 2. The smallest absolute Gasteiger partial charge is 0.261 e. The van der Waals surface area contributed by atoms with Crippen molar-refractivity contribution in [3.63, 3.8) is 0 Å². The number of nitrogens with one attached hydrogen (secondary N) is 1. The predicted molar refractivity (Wildman–Crippen MR) is 152 cm³/mol. The number of carbonyl (C=O) groups is 1. The molecule has 4 rings (SSSR count). The number of hydrogen-bond acceptors (Lipinski definition) is 4. The van der Waals surface area contributed by atoms with Crippen LogP contribution in [0, 0.1) is 5.92 Å². The Morgan fingerprint density at radius 2 is 1.53 bits per heavy atom. The fraction of sp³-hybridized carbons (Fsp3) is 0.310. The van der Waals surface area contributed by atoms with E-state index in [9.17, 15) is 4.79 Å². The second-order valence-corrected chi connectivity index (χ2v) is 10.7. The Morgan fingerprint density at radius 3 is 2.08 bits per heavy atom. The molecule has 5 nitrogen and oxygen atoms in total. The number of ether oxygens (including phenoxy) is 1. The molecule has 1 aliphatic heterocycles. The van der Waals surface area contributed by atoms with Crippen LogP contribution in [-0.2, 0) is 0 Å². The van der Waals surface area contributed by atoms with E-state index in [1.54, 1.807) is 6.07 Å². The van der Waals surface area contributed by atoms with E-state index in [4.69, 9.17) is 17.0 Å². The lowest BCUT2D eigenvalue weighted by atomic mass is 9.96. The molecule has 1 amide bonds. The Bertz CT molecular complexity index is 1130. The summed E-state index contributed by atoms with van der Waals surface area (Å²) in [5, 5.41) is 3.38. The maximum absolute atomic E-state index is 13.1. The Labute approximate surface area is 227 Å². The van der Waals surface area contributed by atoms with Crippen LogP contribution in [0.5, 0.6) is 5.75 Å². The van der Waals surface area contributed by atoms with Crippen molar-refractivity contribution >= 4 is 39.2 Å². The van der Waals surface area contributed by atoms with Gasteiger partial charge in [-0.25, -0.2) is 0 Å². The summed E-state index contributed by atoms with van der Waals surface area (Å²) in [5.74, 6) is 0.664. The highest BCUT2D eigenvalue weighted by Gasteiger charge is 2.28. The van der Waals surface area contributed by atoms with Crippen LogP contribution in [-0.4, -0.2) is 53.6 Å². The number of amides is 1. The van der Waals surface area contributed by atoms with Crippen LogP contribution in [0.4, 0.5) is 0 Å². The van der Waals surface area contributed by atoms with Gasteiger partial charge < -0.3 is 9.64 Å². The molecule has 0 saturated carbocycles. The van der Waals surface area contributed by atoms with Gasteiger partial charge in [-0.2, -0.15) is 0 Å². The molecule has 7 heteroatoms. The van der Waals surface area contributed by atoms with Gasteiger partial charge in [-0.3, -0.25) is 15.0 Å². The van der Waals surface area contributed by atoms with E-state index in [-0.39, 0.29) is 11.9 Å². The summed E-state index contributed by atoms with van der Waals surface area (Å²) in [6.45, 7) is 7.85. The third-order valence-corrected chi connectivity index (χ3v) is 7.03.